The molecule has 0 saturated carbocycles. The lowest BCUT2D eigenvalue weighted by atomic mass is 9.95. The Morgan fingerprint density at radius 1 is 1.32 bits per heavy atom. The largest absolute Gasteiger partial charge is 0.354 e. The van der Waals surface area contributed by atoms with Gasteiger partial charge < -0.3 is 4.90 Å². The first-order valence-electron chi connectivity index (χ1n) is 7.23. The van der Waals surface area contributed by atoms with Gasteiger partial charge in [0.05, 0.1) is 0 Å². The monoisotopic (exact) mass is 325 g/mol. The van der Waals surface area contributed by atoms with Crippen molar-refractivity contribution in [3.63, 3.8) is 0 Å². The summed E-state index contributed by atoms with van der Waals surface area (Å²) < 4.78 is 0.892. The number of piperidine rings is 1. The van der Waals surface area contributed by atoms with Crippen molar-refractivity contribution in [1.82, 2.24) is 9.97 Å². The summed E-state index contributed by atoms with van der Waals surface area (Å²) in [6, 6.07) is 2.69. The fourth-order valence-corrected chi connectivity index (χ4v) is 2.99. The van der Waals surface area contributed by atoms with E-state index in [2.05, 4.69) is 59.6 Å². The summed E-state index contributed by atoms with van der Waals surface area (Å²) in [6.07, 6.45) is 5.08. The van der Waals surface area contributed by atoms with E-state index in [1.165, 1.54) is 25.7 Å². The van der Waals surface area contributed by atoms with E-state index in [9.17, 15) is 0 Å². The molecule has 4 heteroatoms. The van der Waals surface area contributed by atoms with Crippen molar-refractivity contribution in [3.8, 4) is 0 Å². The highest BCUT2D eigenvalue weighted by molar-refractivity contribution is 9.10. The normalized spacial score (nSPS) is 20.7. The van der Waals surface area contributed by atoms with Crippen LogP contribution in [0.2, 0.25) is 0 Å². The minimum absolute atomic E-state index is 0.0178. The van der Waals surface area contributed by atoms with Crippen LogP contribution in [0.3, 0.4) is 0 Å². The number of aromatic nitrogens is 2. The molecule has 0 bridgehead atoms. The van der Waals surface area contributed by atoms with Crippen LogP contribution >= 0.6 is 15.9 Å². The van der Waals surface area contributed by atoms with E-state index in [-0.39, 0.29) is 5.41 Å². The standard InChI is InChI=1S/C15H24BrN3/c1-5-11-8-6-7-9-19(11)13-10-12(16)17-14(18-13)15(2,3)4/h10-11H,5-9H2,1-4H3. The van der Waals surface area contributed by atoms with E-state index in [0.29, 0.717) is 6.04 Å². The molecule has 0 amide bonds. The Balaban J connectivity index is 2.35. The molecule has 0 radical (unpaired) electrons. The zero-order chi connectivity index (χ0) is 14.0. The van der Waals surface area contributed by atoms with Crippen molar-refractivity contribution in [2.75, 3.05) is 11.4 Å². The van der Waals surface area contributed by atoms with Crippen molar-refractivity contribution < 1.29 is 0 Å². The van der Waals surface area contributed by atoms with E-state index >= 15 is 0 Å². The third-order valence-corrected chi connectivity index (χ3v) is 4.15. The lowest BCUT2D eigenvalue weighted by Crippen LogP contribution is -2.40. The summed E-state index contributed by atoms with van der Waals surface area (Å²) in [5, 5.41) is 0. The lowest BCUT2D eigenvalue weighted by molar-refractivity contribution is 0.444. The van der Waals surface area contributed by atoms with E-state index in [1.54, 1.807) is 0 Å². The van der Waals surface area contributed by atoms with Gasteiger partial charge in [-0.25, -0.2) is 9.97 Å². The second-order valence-corrected chi connectivity index (χ2v) is 7.19. The molecule has 1 aliphatic heterocycles. The average Bonchev–Trinajstić information content (AvgIpc) is 2.37. The molecular formula is C15H24BrN3. The Hall–Kier alpha value is -0.640. The molecule has 106 valence electrons. The topological polar surface area (TPSA) is 29.0 Å². The van der Waals surface area contributed by atoms with Crippen LogP contribution < -0.4 is 4.90 Å². The molecule has 0 aliphatic carbocycles. The zero-order valence-electron chi connectivity index (χ0n) is 12.4. The molecule has 1 atom stereocenters. The van der Waals surface area contributed by atoms with Crippen molar-refractivity contribution >= 4 is 21.7 Å². The zero-order valence-corrected chi connectivity index (χ0v) is 14.0. The van der Waals surface area contributed by atoms with Crippen LogP contribution in [0.15, 0.2) is 10.7 Å². The first kappa shape index (κ1) is 14.8. The lowest BCUT2D eigenvalue weighted by Gasteiger charge is -2.36. The minimum atomic E-state index is -0.0178. The van der Waals surface area contributed by atoms with Gasteiger partial charge in [0.15, 0.2) is 0 Å². The van der Waals surface area contributed by atoms with Crippen molar-refractivity contribution in [1.29, 1.82) is 0 Å². The van der Waals surface area contributed by atoms with Gasteiger partial charge in [0.25, 0.3) is 0 Å². The number of rotatable bonds is 2. The van der Waals surface area contributed by atoms with Gasteiger partial charge in [-0.15, -0.1) is 0 Å². The number of anilines is 1. The predicted molar refractivity (Wildman–Crippen MR) is 83.7 cm³/mol. The summed E-state index contributed by atoms with van der Waals surface area (Å²) >= 11 is 3.54. The van der Waals surface area contributed by atoms with Crippen molar-refractivity contribution in [2.45, 2.75) is 64.8 Å². The van der Waals surface area contributed by atoms with Crippen molar-refractivity contribution in [2.24, 2.45) is 0 Å². The Morgan fingerprint density at radius 2 is 2.05 bits per heavy atom. The smallest absolute Gasteiger partial charge is 0.137 e. The Kier molecular flexibility index (Phi) is 4.49. The SMILES string of the molecule is CCC1CCCCN1c1cc(Br)nc(C(C)(C)C)n1. The fourth-order valence-electron chi connectivity index (χ4n) is 2.61. The molecule has 0 aromatic carbocycles. The van der Waals surface area contributed by atoms with Gasteiger partial charge in [0.1, 0.15) is 16.2 Å². The molecule has 1 unspecified atom stereocenters. The molecule has 2 rings (SSSR count). The number of hydrogen-bond donors (Lipinski definition) is 0. The van der Waals surface area contributed by atoms with Gasteiger partial charge in [-0.3, -0.25) is 0 Å². The number of halogens is 1. The van der Waals surface area contributed by atoms with Crippen LogP contribution in [0.1, 0.15) is 59.2 Å². The maximum atomic E-state index is 4.81. The van der Waals surface area contributed by atoms with E-state index in [4.69, 9.17) is 4.98 Å². The van der Waals surface area contributed by atoms with E-state index in [0.717, 1.165) is 22.8 Å². The summed E-state index contributed by atoms with van der Waals surface area (Å²) in [5.74, 6) is 2.00. The molecule has 1 aliphatic rings. The first-order chi connectivity index (χ1) is 8.91. The molecule has 1 saturated heterocycles. The van der Waals surface area contributed by atoms with Crippen molar-refractivity contribution in [3.05, 3.63) is 16.5 Å². The van der Waals surface area contributed by atoms with Crippen LogP contribution in [0.4, 0.5) is 5.82 Å². The van der Waals surface area contributed by atoms with Crippen LogP contribution in [0.25, 0.3) is 0 Å². The molecule has 0 spiro atoms. The van der Waals surface area contributed by atoms with Crippen LogP contribution in [0, 0.1) is 0 Å². The quantitative estimate of drug-likeness (QED) is 0.759. The fraction of sp³-hybridized carbons (Fsp3) is 0.733. The molecule has 3 nitrogen and oxygen atoms in total. The summed E-state index contributed by atoms with van der Waals surface area (Å²) in [6.45, 7) is 9.86. The Morgan fingerprint density at radius 3 is 2.68 bits per heavy atom. The highest BCUT2D eigenvalue weighted by Crippen LogP contribution is 2.29. The highest BCUT2D eigenvalue weighted by Gasteiger charge is 2.25. The Bertz CT molecular complexity index is 440. The molecular weight excluding hydrogens is 302 g/mol. The molecule has 1 aromatic heterocycles. The highest BCUT2D eigenvalue weighted by atomic mass is 79.9. The molecule has 1 aromatic rings. The van der Waals surface area contributed by atoms with Gasteiger partial charge in [0.2, 0.25) is 0 Å². The second kappa shape index (κ2) is 5.78. The summed E-state index contributed by atoms with van der Waals surface area (Å²) in [5.41, 5.74) is -0.0178. The third-order valence-electron chi connectivity index (χ3n) is 3.74. The van der Waals surface area contributed by atoms with E-state index < -0.39 is 0 Å². The number of hydrogen-bond acceptors (Lipinski definition) is 3. The molecule has 1 fully saturated rings. The minimum Gasteiger partial charge on any atom is -0.354 e. The van der Waals surface area contributed by atoms with Gasteiger partial charge in [-0.1, -0.05) is 27.7 Å². The molecule has 2 heterocycles. The van der Waals surface area contributed by atoms with Gasteiger partial charge in [-0.05, 0) is 41.6 Å². The van der Waals surface area contributed by atoms with E-state index in [1.807, 2.05) is 0 Å². The maximum absolute atomic E-state index is 4.81. The van der Waals surface area contributed by atoms with Crippen LogP contribution in [-0.2, 0) is 5.41 Å². The third kappa shape index (κ3) is 3.47. The summed E-state index contributed by atoms with van der Waals surface area (Å²) in [4.78, 5) is 11.8. The van der Waals surface area contributed by atoms with Gasteiger partial charge >= 0.3 is 0 Å². The predicted octanol–water partition coefficient (Wildman–Crippen LogP) is 4.31. The van der Waals surface area contributed by atoms with Gasteiger partial charge in [0, 0.05) is 24.1 Å². The van der Waals surface area contributed by atoms with Crippen LogP contribution in [-0.4, -0.2) is 22.6 Å². The van der Waals surface area contributed by atoms with Gasteiger partial charge in [-0.2, -0.15) is 0 Å². The molecule has 19 heavy (non-hydrogen) atoms. The maximum Gasteiger partial charge on any atom is 0.137 e. The summed E-state index contributed by atoms with van der Waals surface area (Å²) in [7, 11) is 0. The average molecular weight is 326 g/mol. The first-order valence-corrected chi connectivity index (χ1v) is 8.03. The Labute approximate surface area is 125 Å². The molecule has 0 N–H and O–H groups in total. The van der Waals surface area contributed by atoms with Crippen LogP contribution in [0.5, 0.6) is 0 Å². The number of nitrogens with zero attached hydrogens (tertiary/aromatic N) is 3. The second-order valence-electron chi connectivity index (χ2n) is 6.37.